The van der Waals surface area contributed by atoms with Crippen molar-refractivity contribution in [3.8, 4) is 0 Å². The molecule has 0 unspecified atom stereocenters. The van der Waals surface area contributed by atoms with Gasteiger partial charge in [0.15, 0.2) is 5.04 Å². The van der Waals surface area contributed by atoms with Crippen molar-refractivity contribution in [3.63, 3.8) is 0 Å². The van der Waals surface area contributed by atoms with E-state index in [9.17, 15) is 8.42 Å². The van der Waals surface area contributed by atoms with Crippen molar-refractivity contribution < 1.29 is 8.42 Å². The monoisotopic (exact) mass is 238 g/mol. The second kappa shape index (κ2) is 3.04. The Hall–Kier alpha value is -0.200. The SMILES string of the molecule is CNCC1=NC(Br)=CS1(=O)=O. The van der Waals surface area contributed by atoms with Crippen molar-refractivity contribution in [2.24, 2.45) is 4.99 Å². The second-order valence-corrected chi connectivity index (χ2v) is 4.63. The first-order chi connectivity index (χ1) is 5.06. The van der Waals surface area contributed by atoms with Gasteiger partial charge in [0.2, 0.25) is 9.84 Å². The van der Waals surface area contributed by atoms with E-state index < -0.39 is 9.84 Å². The van der Waals surface area contributed by atoms with Crippen molar-refractivity contribution in [3.05, 3.63) is 10.0 Å². The average molecular weight is 239 g/mol. The van der Waals surface area contributed by atoms with E-state index >= 15 is 0 Å². The standard InChI is InChI=1S/C5H7BrN2O2S/c1-7-2-5-8-4(6)3-11(5,9)10/h3,7H,2H2,1H3. The Balaban J connectivity index is 2.95. The summed E-state index contributed by atoms with van der Waals surface area (Å²) in [6.07, 6.45) is 0. The zero-order chi connectivity index (χ0) is 8.48. The van der Waals surface area contributed by atoms with Gasteiger partial charge < -0.3 is 5.32 Å². The molecule has 0 bridgehead atoms. The molecular formula is C5H7BrN2O2S. The molecule has 0 aromatic heterocycles. The lowest BCUT2D eigenvalue weighted by molar-refractivity contribution is 0.615. The summed E-state index contributed by atoms with van der Waals surface area (Å²) in [7, 11) is -1.55. The smallest absolute Gasteiger partial charge is 0.217 e. The van der Waals surface area contributed by atoms with Gasteiger partial charge in [-0.3, -0.25) is 0 Å². The molecular weight excluding hydrogens is 232 g/mol. The maximum atomic E-state index is 11.1. The molecule has 11 heavy (non-hydrogen) atoms. The summed E-state index contributed by atoms with van der Waals surface area (Å²) >= 11 is 2.99. The molecule has 1 aliphatic rings. The lowest BCUT2D eigenvalue weighted by Crippen LogP contribution is -2.23. The number of hydrogen-bond donors (Lipinski definition) is 1. The van der Waals surface area contributed by atoms with E-state index in [0.29, 0.717) is 4.61 Å². The number of sulfone groups is 1. The molecule has 1 rings (SSSR count). The van der Waals surface area contributed by atoms with Crippen LogP contribution in [0.15, 0.2) is 15.0 Å². The topological polar surface area (TPSA) is 58.5 Å². The fraction of sp³-hybridized carbons (Fsp3) is 0.400. The Kier molecular flexibility index (Phi) is 2.46. The van der Waals surface area contributed by atoms with Crippen LogP contribution < -0.4 is 5.32 Å². The third-order valence-electron chi connectivity index (χ3n) is 1.14. The number of nitrogens with zero attached hydrogens (tertiary/aromatic N) is 1. The highest BCUT2D eigenvalue weighted by Gasteiger charge is 2.22. The molecule has 0 fully saturated rings. The molecule has 1 aliphatic heterocycles. The van der Waals surface area contributed by atoms with Crippen molar-refractivity contribution in [2.75, 3.05) is 13.6 Å². The Labute approximate surface area is 73.4 Å². The fourth-order valence-electron chi connectivity index (χ4n) is 0.696. The Bertz CT molecular complexity index is 317. The summed E-state index contributed by atoms with van der Waals surface area (Å²) in [5, 5.41) is 3.98. The highest BCUT2D eigenvalue weighted by molar-refractivity contribution is 9.11. The average Bonchev–Trinajstić information content (AvgIpc) is 2.07. The van der Waals surface area contributed by atoms with Gasteiger partial charge in [-0.1, -0.05) is 0 Å². The van der Waals surface area contributed by atoms with E-state index in [1.165, 1.54) is 0 Å². The van der Waals surface area contributed by atoms with Crippen LogP contribution in [0.3, 0.4) is 0 Å². The Morgan fingerprint density at radius 3 is 2.73 bits per heavy atom. The Morgan fingerprint density at radius 1 is 1.73 bits per heavy atom. The minimum Gasteiger partial charge on any atom is -0.314 e. The van der Waals surface area contributed by atoms with Gasteiger partial charge >= 0.3 is 0 Å². The highest BCUT2D eigenvalue weighted by Crippen LogP contribution is 2.18. The molecule has 0 aromatic carbocycles. The minimum atomic E-state index is -3.22. The minimum absolute atomic E-state index is 0.159. The van der Waals surface area contributed by atoms with Crippen LogP contribution in [0.25, 0.3) is 0 Å². The summed E-state index contributed by atoms with van der Waals surface area (Å²) in [5.41, 5.74) is 0. The molecule has 1 N–H and O–H groups in total. The van der Waals surface area contributed by atoms with Crippen molar-refractivity contribution in [1.29, 1.82) is 0 Å². The van der Waals surface area contributed by atoms with E-state index in [2.05, 4.69) is 26.2 Å². The van der Waals surface area contributed by atoms with E-state index in [1.807, 2.05) is 0 Å². The lowest BCUT2D eigenvalue weighted by atomic mass is 10.7. The normalized spacial score (nSPS) is 21.3. The van der Waals surface area contributed by atoms with Crippen LogP contribution in [0.1, 0.15) is 0 Å². The van der Waals surface area contributed by atoms with Crippen LogP contribution in [0.4, 0.5) is 0 Å². The predicted octanol–water partition coefficient (Wildman–Crippen LogP) is 0.226. The van der Waals surface area contributed by atoms with Gasteiger partial charge in [0.25, 0.3) is 0 Å². The number of nitrogens with one attached hydrogen (secondary N) is 1. The molecule has 0 saturated carbocycles. The molecule has 0 atom stereocenters. The van der Waals surface area contributed by atoms with Gasteiger partial charge in [0.05, 0.1) is 5.41 Å². The van der Waals surface area contributed by atoms with Crippen LogP contribution in [-0.2, 0) is 9.84 Å². The third-order valence-corrected chi connectivity index (χ3v) is 3.28. The molecule has 0 radical (unpaired) electrons. The van der Waals surface area contributed by atoms with Crippen molar-refractivity contribution in [1.82, 2.24) is 5.32 Å². The number of aliphatic imine (C=N–C) groups is 1. The molecule has 6 heteroatoms. The number of hydrogen-bond acceptors (Lipinski definition) is 4. The number of rotatable bonds is 2. The maximum Gasteiger partial charge on any atom is 0.217 e. The molecule has 0 aromatic rings. The van der Waals surface area contributed by atoms with E-state index in [4.69, 9.17) is 0 Å². The largest absolute Gasteiger partial charge is 0.314 e. The summed E-state index contributed by atoms with van der Waals surface area (Å²) in [4.78, 5) is 3.77. The molecule has 0 saturated heterocycles. The molecule has 1 heterocycles. The van der Waals surface area contributed by atoms with Crippen LogP contribution >= 0.6 is 15.9 Å². The van der Waals surface area contributed by atoms with Crippen LogP contribution in [0, 0.1) is 0 Å². The first-order valence-corrected chi connectivity index (χ1v) is 5.24. The van der Waals surface area contributed by atoms with E-state index in [-0.39, 0.29) is 11.6 Å². The third kappa shape index (κ3) is 1.88. The second-order valence-electron chi connectivity index (χ2n) is 2.02. The van der Waals surface area contributed by atoms with Gasteiger partial charge in [-0.25, -0.2) is 13.4 Å². The molecule has 4 nitrogen and oxygen atoms in total. The van der Waals surface area contributed by atoms with Gasteiger partial charge in [-0.2, -0.15) is 0 Å². The number of halogens is 1. The summed E-state index contributed by atoms with van der Waals surface area (Å²) in [6, 6.07) is 0. The van der Waals surface area contributed by atoms with Crippen LogP contribution in [0.2, 0.25) is 0 Å². The van der Waals surface area contributed by atoms with Crippen molar-refractivity contribution in [2.45, 2.75) is 0 Å². The Morgan fingerprint density at radius 2 is 2.36 bits per heavy atom. The highest BCUT2D eigenvalue weighted by atomic mass is 79.9. The van der Waals surface area contributed by atoms with Crippen molar-refractivity contribution >= 4 is 30.8 Å². The summed E-state index contributed by atoms with van der Waals surface area (Å²) < 4.78 is 22.5. The zero-order valence-corrected chi connectivity index (χ0v) is 8.24. The van der Waals surface area contributed by atoms with E-state index in [1.54, 1.807) is 7.05 Å². The van der Waals surface area contributed by atoms with Gasteiger partial charge in [0.1, 0.15) is 4.61 Å². The van der Waals surface area contributed by atoms with Gasteiger partial charge in [-0.15, -0.1) is 0 Å². The van der Waals surface area contributed by atoms with Gasteiger partial charge in [-0.05, 0) is 23.0 Å². The quantitative estimate of drug-likeness (QED) is 0.701. The van der Waals surface area contributed by atoms with Crippen LogP contribution in [-0.4, -0.2) is 27.1 Å². The van der Waals surface area contributed by atoms with E-state index in [0.717, 1.165) is 5.41 Å². The predicted molar refractivity (Wildman–Crippen MR) is 47.3 cm³/mol. The maximum absolute atomic E-state index is 11.1. The summed E-state index contributed by atoms with van der Waals surface area (Å²) in [5.74, 6) is 0. The lowest BCUT2D eigenvalue weighted by Gasteiger charge is -1.95. The molecule has 0 aliphatic carbocycles. The first-order valence-electron chi connectivity index (χ1n) is 2.91. The van der Waals surface area contributed by atoms with Gasteiger partial charge in [0, 0.05) is 6.54 Å². The zero-order valence-electron chi connectivity index (χ0n) is 5.83. The first kappa shape index (κ1) is 8.89. The molecule has 0 spiro atoms. The fourth-order valence-corrected chi connectivity index (χ4v) is 2.78. The molecule has 0 amide bonds. The van der Waals surface area contributed by atoms with Crippen LogP contribution in [0.5, 0.6) is 0 Å². The molecule has 62 valence electrons. The summed E-state index contributed by atoms with van der Waals surface area (Å²) in [6.45, 7) is 0.272.